The topological polar surface area (TPSA) is 40.9 Å². The maximum Gasteiger partial charge on any atom is 0.155 e. The van der Waals surface area contributed by atoms with Crippen LogP contribution < -0.4 is 0 Å². The van der Waals surface area contributed by atoms with E-state index < -0.39 is 0 Å². The molecule has 0 atom stereocenters. The molecule has 0 bridgehead atoms. The first kappa shape index (κ1) is 13.8. The van der Waals surface area contributed by atoms with E-state index in [0.29, 0.717) is 12.0 Å². The van der Waals surface area contributed by atoms with Crippen LogP contribution in [0, 0.1) is 11.3 Å². The lowest BCUT2D eigenvalue weighted by atomic mass is 9.99. The van der Waals surface area contributed by atoms with Crippen molar-refractivity contribution in [3.05, 3.63) is 72.3 Å². The van der Waals surface area contributed by atoms with Crippen molar-refractivity contribution in [3.8, 4) is 17.2 Å². The van der Waals surface area contributed by atoms with Crippen LogP contribution in [0.15, 0.2) is 61.2 Å². The number of hydrogen-bond donors (Lipinski definition) is 0. The molecule has 0 saturated carbocycles. The molecule has 2 rings (SSSR count). The molecular formula is C18H15NO. The summed E-state index contributed by atoms with van der Waals surface area (Å²) >= 11 is 0. The van der Waals surface area contributed by atoms with Crippen molar-refractivity contribution in [3.63, 3.8) is 0 Å². The normalized spacial score (nSPS) is 9.75. The van der Waals surface area contributed by atoms with Gasteiger partial charge in [-0.3, -0.25) is 4.79 Å². The second-order valence-electron chi connectivity index (χ2n) is 4.56. The molecule has 0 aliphatic heterocycles. The smallest absolute Gasteiger partial charge is 0.155 e. The largest absolute Gasteiger partial charge is 0.295 e. The third kappa shape index (κ3) is 3.43. The number of ketones is 1. The fourth-order valence-corrected chi connectivity index (χ4v) is 2.01. The van der Waals surface area contributed by atoms with Crippen LogP contribution in [0.3, 0.4) is 0 Å². The third-order valence-corrected chi connectivity index (χ3v) is 3.16. The summed E-state index contributed by atoms with van der Waals surface area (Å²) in [6.45, 7) is 3.48. The molecule has 0 unspecified atom stereocenters. The highest BCUT2D eigenvalue weighted by atomic mass is 16.1. The van der Waals surface area contributed by atoms with Gasteiger partial charge in [0.1, 0.15) is 0 Å². The molecule has 0 aliphatic carbocycles. The highest BCUT2D eigenvalue weighted by Gasteiger charge is 2.02. The summed E-state index contributed by atoms with van der Waals surface area (Å²) in [5, 5.41) is 8.80. The van der Waals surface area contributed by atoms with Crippen molar-refractivity contribution < 1.29 is 4.79 Å². The lowest BCUT2D eigenvalue weighted by Crippen LogP contribution is -1.95. The van der Waals surface area contributed by atoms with E-state index in [4.69, 9.17) is 5.26 Å². The van der Waals surface area contributed by atoms with Gasteiger partial charge in [0.15, 0.2) is 5.78 Å². The monoisotopic (exact) mass is 261 g/mol. The number of nitriles is 1. The molecule has 0 N–H and O–H groups in total. The Morgan fingerprint density at radius 2 is 1.90 bits per heavy atom. The minimum absolute atomic E-state index is 0.0637. The van der Waals surface area contributed by atoms with Gasteiger partial charge in [0.2, 0.25) is 0 Å². The van der Waals surface area contributed by atoms with Crippen LogP contribution in [0.25, 0.3) is 11.1 Å². The van der Waals surface area contributed by atoms with Gasteiger partial charge in [-0.15, -0.1) is 0 Å². The Kier molecular flexibility index (Phi) is 4.47. The van der Waals surface area contributed by atoms with Crippen LogP contribution in [-0.2, 0) is 11.2 Å². The quantitative estimate of drug-likeness (QED) is 0.765. The maximum absolute atomic E-state index is 11.3. The minimum atomic E-state index is 0.0637. The first-order chi connectivity index (χ1) is 9.72. The van der Waals surface area contributed by atoms with Gasteiger partial charge in [0.25, 0.3) is 0 Å². The van der Waals surface area contributed by atoms with Crippen molar-refractivity contribution >= 4 is 5.78 Å². The number of allylic oxidation sites excluding steroid dienone is 1. The Bertz CT molecular complexity index is 663. The van der Waals surface area contributed by atoms with Crippen LogP contribution in [0.2, 0.25) is 0 Å². The lowest BCUT2D eigenvalue weighted by molar-refractivity contribution is -0.114. The average molecular weight is 261 g/mol. The van der Waals surface area contributed by atoms with Gasteiger partial charge in [0.05, 0.1) is 11.6 Å². The number of rotatable bonds is 5. The first-order valence-electron chi connectivity index (χ1n) is 6.47. The average Bonchev–Trinajstić information content (AvgIpc) is 2.53. The molecule has 0 aromatic heterocycles. The number of nitrogens with zero attached hydrogens (tertiary/aromatic N) is 1. The van der Waals surface area contributed by atoms with E-state index >= 15 is 0 Å². The second-order valence-corrected chi connectivity index (χ2v) is 4.56. The molecular weight excluding hydrogens is 246 g/mol. The minimum Gasteiger partial charge on any atom is -0.295 e. The Balaban J connectivity index is 2.18. The number of hydrogen-bond acceptors (Lipinski definition) is 2. The molecule has 0 spiro atoms. The summed E-state index contributed by atoms with van der Waals surface area (Å²) in [4.78, 5) is 11.3. The number of carbonyl (C=O) groups is 1. The molecule has 0 fully saturated rings. The standard InChI is InChI=1S/C18H15NO/c1-2-18(20)11-8-14-4-3-5-17(12-14)16-9-6-15(13-19)7-10-16/h2-7,9-10,12H,1,8,11H2. The molecule has 0 saturated heterocycles. The van der Waals surface area contributed by atoms with E-state index in [9.17, 15) is 4.79 Å². The van der Waals surface area contributed by atoms with Crippen LogP contribution in [-0.4, -0.2) is 5.78 Å². The maximum atomic E-state index is 11.3. The van der Waals surface area contributed by atoms with E-state index in [1.807, 2.05) is 42.5 Å². The predicted molar refractivity (Wildman–Crippen MR) is 80.1 cm³/mol. The predicted octanol–water partition coefficient (Wildman–Crippen LogP) is 3.91. The van der Waals surface area contributed by atoms with Gasteiger partial charge in [-0.1, -0.05) is 43.0 Å². The van der Waals surface area contributed by atoms with Crippen LogP contribution >= 0.6 is 0 Å². The van der Waals surface area contributed by atoms with Gasteiger partial charge in [-0.05, 0) is 41.3 Å². The molecule has 0 amide bonds. The van der Waals surface area contributed by atoms with E-state index in [1.54, 1.807) is 0 Å². The summed E-state index contributed by atoms with van der Waals surface area (Å²) in [7, 11) is 0. The fourth-order valence-electron chi connectivity index (χ4n) is 2.01. The van der Waals surface area contributed by atoms with E-state index in [0.717, 1.165) is 23.1 Å². The molecule has 0 radical (unpaired) electrons. The first-order valence-corrected chi connectivity index (χ1v) is 6.47. The van der Waals surface area contributed by atoms with E-state index in [-0.39, 0.29) is 5.78 Å². The van der Waals surface area contributed by atoms with Gasteiger partial charge in [-0.25, -0.2) is 0 Å². The molecule has 0 heterocycles. The van der Waals surface area contributed by atoms with Crippen LogP contribution in [0.4, 0.5) is 0 Å². The molecule has 2 nitrogen and oxygen atoms in total. The second kappa shape index (κ2) is 6.49. The Labute approximate surface area is 119 Å². The molecule has 2 heteroatoms. The Hall–Kier alpha value is -2.66. The zero-order valence-electron chi connectivity index (χ0n) is 11.2. The highest BCUT2D eigenvalue weighted by Crippen LogP contribution is 2.21. The zero-order valence-corrected chi connectivity index (χ0v) is 11.2. The highest BCUT2D eigenvalue weighted by molar-refractivity contribution is 5.89. The summed E-state index contributed by atoms with van der Waals surface area (Å²) < 4.78 is 0. The fraction of sp³-hybridized carbons (Fsp3) is 0.111. The number of aryl methyl sites for hydroxylation is 1. The summed E-state index contributed by atoms with van der Waals surface area (Å²) in [5.41, 5.74) is 3.95. The molecule has 2 aromatic rings. The van der Waals surface area contributed by atoms with Crippen molar-refractivity contribution in [1.29, 1.82) is 5.26 Å². The van der Waals surface area contributed by atoms with Gasteiger partial charge >= 0.3 is 0 Å². The summed E-state index contributed by atoms with van der Waals surface area (Å²) in [6, 6.07) is 17.7. The van der Waals surface area contributed by atoms with Crippen molar-refractivity contribution in [2.45, 2.75) is 12.8 Å². The van der Waals surface area contributed by atoms with Gasteiger partial charge in [-0.2, -0.15) is 5.26 Å². The van der Waals surface area contributed by atoms with E-state index in [2.05, 4.69) is 18.7 Å². The van der Waals surface area contributed by atoms with Crippen molar-refractivity contribution in [1.82, 2.24) is 0 Å². The van der Waals surface area contributed by atoms with Crippen molar-refractivity contribution in [2.24, 2.45) is 0 Å². The van der Waals surface area contributed by atoms with E-state index in [1.165, 1.54) is 6.08 Å². The molecule has 98 valence electrons. The molecule has 20 heavy (non-hydrogen) atoms. The number of carbonyl (C=O) groups excluding carboxylic acids is 1. The third-order valence-electron chi connectivity index (χ3n) is 3.16. The Morgan fingerprint density at radius 3 is 2.55 bits per heavy atom. The van der Waals surface area contributed by atoms with Crippen LogP contribution in [0.5, 0.6) is 0 Å². The zero-order chi connectivity index (χ0) is 14.4. The van der Waals surface area contributed by atoms with Gasteiger partial charge in [0, 0.05) is 6.42 Å². The molecule has 2 aromatic carbocycles. The summed E-state index contributed by atoms with van der Waals surface area (Å²) in [6.07, 6.45) is 2.57. The molecule has 0 aliphatic rings. The van der Waals surface area contributed by atoms with Gasteiger partial charge < -0.3 is 0 Å². The Morgan fingerprint density at radius 1 is 1.15 bits per heavy atom. The number of benzene rings is 2. The summed E-state index contributed by atoms with van der Waals surface area (Å²) in [5.74, 6) is 0.0637. The van der Waals surface area contributed by atoms with Crippen LogP contribution in [0.1, 0.15) is 17.5 Å². The lowest BCUT2D eigenvalue weighted by Gasteiger charge is -2.05. The van der Waals surface area contributed by atoms with Crippen molar-refractivity contribution in [2.75, 3.05) is 0 Å². The SMILES string of the molecule is C=CC(=O)CCc1cccc(-c2ccc(C#N)cc2)c1.